The minimum absolute atomic E-state index is 0.254. The van der Waals surface area contributed by atoms with Gasteiger partial charge >= 0.3 is 0 Å². The molecule has 25 heavy (non-hydrogen) atoms. The number of furan rings is 1. The number of halogens is 1. The zero-order chi connectivity index (χ0) is 17.8. The van der Waals surface area contributed by atoms with Crippen LogP contribution in [0.25, 0.3) is 11.3 Å². The van der Waals surface area contributed by atoms with Gasteiger partial charge in [-0.1, -0.05) is 43.6 Å². The number of carbonyl (C=O) groups is 1. The maximum atomic E-state index is 12.6. The van der Waals surface area contributed by atoms with E-state index in [-0.39, 0.29) is 11.7 Å². The van der Waals surface area contributed by atoms with Crippen LogP contribution in [0.4, 0.5) is 5.69 Å². The van der Waals surface area contributed by atoms with E-state index in [9.17, 15) is 4.79 Å². The van der Waals surface area contributed by atoms with E-state index in [2.05, 4.69) is 19.2 Å². The minimum atomic E-state index is -0.254. The van der Waals surface area contributed by atoms with Gasteiger partial charge in [0.2, 0.25) is 0 Å². The first kappa shape index (κ1) is 17.3. The predicted molar refractivity (Wildman–Crippen MR) is 102 cm³/mol. The van der Waals surface area contributed by atoms with Crippen LogP contribution in [0.2, 0.25) is 5.02 Å². The van der Waals surface area contributed by atoms with Crippen LogP contribution in [0.3, 0.4) is 0 Å². The summed E-state index contributed by atoms with van der Waals surface area (Å²) >= 11 is 5.90. The number of hydrogen-bond acceptors (Lipinski definition) is 2. The first-order valence-corrected chi connectivity index (χ1v) is 8.72. The highest BCUT2D eigenvalue weighted by Crippen LogP contribution is 2.28. The van der Waals surface area contributed by atoms with Crippen LogP contribution in [0, 0.1) is 0 Å². The molecule has 1 N–H and O–H groups in total. The fourth-order valence-electron chi connectivity index (χ4n) is 2.67. The van der Waals surface area contributed by atoms with Gasteiger partial charge in [0, 0.05) is 16.3 Å². The summed E-state index contributed by atoms with van der Waals surface area (Å²) in [6, 6.07) is 18.7. The first-order chi connectivity index (χ1) is 12.1. The normalized spacial score (nSPS) is 12.0. The second kappa shape index (κ2) is 7.58. The quantitative estimate of drug-likeness (QED) is 0.579. The van der Waals surface area contributed by atoms with Crippen LogP contribution in [0.15, 0.2) is 65.1 Å². The van der Waals surface area contributed by atoms with Gasteiger partial charge in [-0.3, -0.25) is 4.79 Å². The summed E-state index contributed by atoms with van der Waals surface area (Å²) in [4.78, 5) is 12.6. The lowest BCUT2D eigenvalue weighted by molar-refractivity contribution is 0.0997. The predicted octanol–water partition coefficient (Wildman–Crippen LogP) is 6.37. The van der Waals surface area contributed by atoms with Crippen molar-refractivity contribution in [1.82, 2.24) is 0 Å². The molecule has 128 valence electrons. The number of para-hydroxylation sites is 1. The van der Waals surface area contributed by atoms with Gasteiger partial charge in [0.15, 0.2) is 5.76 Å². The lowest BCUT2D eigenvalue weighted by atomic mass is 9.97. The highest BCUT2D eigenvalue weighted by atomic mass is 35.5. The Labute approximate surface area is 152 Å². The molecule has 1 unspecified atom stereocenters. The van der Waals surface area contributed by atoms with Crippen molar-refractivity contribution >= 4 is 23.2 Å². The van der Waals surface area contributed by atoms with E-state index in [1.165, 1.54) is 0 Å². The summed E-state index contributed by atoms with van der Waals surface area (Å²) in [7, 11) is 0. The van der Waals surface area contributed by atoms with Crippen molar-refractivity contribution in [2.75, 3.05) is 5.32 Å². The van der Waals surface area contributed by atoms with Crippen molar-refractivity contribution in [2.24, 2.45) is 0 Å². The molecular weight excluding hydrogens is 334 g/mol. The summed E-state index contributed by atoms with van der Waals surface area (Å²) in [6.07, 6.45) is 1.01. The van der Waals surface area contributed by atoms with Gasteiger partial charge in [-0.05, 0) is 60.4 Å². The summed E-state index contributed by atoms with van der Waals surface area (Å²) in [5.41, 5.74) is 2.83. The van der Waals surface area contributed by atoms with Gasteiger partial charge < -0.3 is 9.73 Å². The second-order valence-electron chi connectivity index (χ2n) is 6.02. The fourth-order valence-corrected chi connectivity index (χ4v) is 2.80. The monoisotopic (exact) mass is 353 g/mol. The van der Waals surface area contributed by atoms with Gasteiger partial charge in [0.05, 0.1) is 0 Å². The molecule has 2 aromatic carbocycles. The fraction of sp³-hybridized carbons (Fsp3) is 0.190. The van der Waals surface area contributed by atoms with E-state index < -0.39 is 0 Å². The molecule has 0 aliphatic carbocycles. The Morgan fingerprint density at radius 3 is 2.52 bits per heavy atom. The smallest absolute Gasteiger partial charge is 0.291 e. The molecule has 0 spiro atoms. The summed E-state index contributed by atoms with van der Waals surface area (Å²) < 4.78 is 5.72. The average Bonchev–Trinajstić information content (AvgIpc) is 3.12. The third-order valence-electron chi connectivity index (χ3n) is 4.31. The molecule has 4 heteroatoms. The highest BCUT2D eigenvalue weighted by molar-refractivity contribution is 6.30. The molecule has 0 saturated heterocycles. The molecule has 0 fully saturated rings. The van der Waals surface area contributed by atoms with Gasteiger partial charge in [-0.15, -0.1) is 0 Å². The van der Waals surface area contributed by atoms with Crippen molar-refractivity contribution in [1.29, 1.82) is 0 Å². The molecule has 3 aromatic rings. The molecule has 1 aromatic heterocycles. The van der Waals surface area contributed by atoms with Gasteiger partial charge in [0.25, 0.3) is 5.91 Å². The molecule has 0 aliphatic rings. The maximum absolute atomic E-state index is 12.6. The summed E-state index contributed by atoms with van der Waals surface area (Å²) in [5, 5.41) is 3.62. The third kappa shape index (κ3) is 3.94. The Kier molecular flexibility index (Phi) is 5.25. The SMILES string of the molecule is CCC(C)c1ccccc1NC(=O)c1ccc(-c2ccc(Cl)cc2)o1. The Balaban J connectivity index is 1.80. The Hall–Kier alpha value is -2.52. The summed E-state index contributed by atoms with van der Waals surface area (Å²) in [5.74, 6) is 1.04. The number of nitrogens with one attached hydrogen (secondary N) is 1. The van der Waals surface area contributed by atoms with Gasteiger partial charge in [-0.2, -0.15) is 0 Å². The number of amides is 1. The zero-order valence-electron chi connectivity index (χ0n) is 14.3. The average molecular weight is 354 g/mol. The van der Waals surface area contributed by atoms with Crippen molar-refractivity contribution in [2.45, 2.75) is 26.2 Å². The van der Waals surface area contributed by atoms with E-state index in [0.717, 1.165) is 23.2 Å². The third-order valence-corrected chi connectivity index (χ3v) is 4.56. The van der Waals surface area contributed by atoms with Crippen LogP contribution >= 0.6 is 11.6 Å². The lowest BCUT2D eigenvalue weighted by Crippen LogP contribution is -2.13. The zero-order valence-corrected chi connectivity index (χ0v) is 15.0. The van der Waals surface area contributed by atoms with E-state index in [1.54, 1.807) is 24.3 Å². The molecule has 0 saturated carbocycles. The maximum Gasteiger partial charge on any atom is 0.291 e. The number of carbonyl (C=O) groups excluding carboxylic acids is 1. The van der Waals surface area contributed by atoms with E-state index in [1.807, 2.05) is 36.4 Å². The Morgan fingerprint density at radius 1 is 1.08 bits per heavy atom. The number of benzene rings is 2. The second-order valence-corrected chi connectivity index (χ2v) is 6.46. The molecule has 1 heterocycles. The van der Waals surface area contributed by atoms with Crippen LogP contribution in [-0.4, -0.2) is 5.91 Å². The van der Waals surface area contributed by atoms with Crippen molar-refractivity contribution in [3.05, 3.63) is 77.0 Å². The van der Waals surface area contributed by atoms with Crippen LogP contribution in [0.5, 0.6) is 0 Å². The Morgan fingerprint density at radius 2 is 1.80 bits per heavy atom. The number of anilines is 1. The summed E-state index contributed by atoms with van der Waals surface area (Å²) in [6.45, 7) is 4.28. The van der Waals surface area contributed by atoms with Crippen LogP contribution in [-0.2, 0) is 0 Å². The minimum Gasteiger partial charge on any atom is -0.451 e. The molecule has 0 bridgehead atoms. The van der Waals surface area contributed by atoms with Crippen molar-refractivity contribution < 1.29 is 9.21 Å². The molecule has 3 rings (SSSR count). The van der Waals surface area contributed by atoms with Gasteiger partial charge in [-0.25, -0.2) is 0 Å². The molecule has 3 nitrogen and oxygen atoms in total. The molecule has 0 aliphatic heterocycles. The number of hydrogen-bond donors (Lipinski definition) is 1. The molecule has 0 radical (unpaired) electrons. The van der Waals surface area contributed by atoms with Crippen molar-refractivity contribution in [3.63, 3.8) is 0 Å². The van der Waals surface area contributed by atoms with Gasteiger partial charge in [0.1, 0.15) is 5.76 Å². The largest absolute Gasteiger partial charge is 0.451 e. The Bertz CT molecular complexity index is 868. The molecule has 1 atom stereocenters. The molecule has 1 amide bonds. The first-order valence-electron chi connectivity index (χ1n) is 8.34. The van der Waals surface area contributed by atoms with E-state index in [4.69, 9.17) is 16.0 Å². The molecular formula is C21H20ClNO2. The van der Waals surface area contributed by atoms with Crippen LogP contribution < -0.4 is 5.32 Å². The van der Waals surface area contributed by atoms with Crippen molar-refractivity contribution in [3.8, 4) is 11.3 Å². The number of rotatable bonds is 5. The lowest BCUT2D eigenvalue weighted by Gasteiger charge is -2.15. The topological polar surface area (TPSA) is 42.2 Å². The standard InChI is InChI=1S/C21H20ClNO2/c1-3-14(2)17-6-4-5-7-18(17)23-21(24)20-13-12-19(25-20)15-8-10-16(22)11-9-15/h4-14H,3H2,1-2H3,(H,23,24). The van der Waals surface area contributed by atoms with E-state index >= 15 is 0 Å². The van der Waals surface area contributed by atoms with Crippen LogP contribution in [0.1, 0.15) is 42.3 Å². The highest BCUT2D eigenvalue weighted by Gasteiger charge is 2.15. The van der Waals surface area contributed by atoms with E-state index in [0.29, 0.717) is 16.7 Å².